The van der Waals surface area contributed by atoms with Crippen LogP contribution in [0.25, 0.3) is 0 Å². The zero-order valence-corrected chi connectivity index (χ0v) is 13.3. The van der Waals surface area contributed by atoms with Crippen LogP contribution in [0.15, 0.2) is 22.9 Å². The van der Waals surface area contributed by atoms with Crippen molar-refractivity contribution in [2.45, 2.75) is 50.7 Å². The largest absolute Gasteiger partial charge is 0.343 e. The summed E-state index contributed by atoms with van der Waals surface area (Å²) in [5.41, 5.74) is -0.354. The summed E-state index contributed by atoms with van der Waals surface area (Å²) in [6.07, 6.45) is 13.2. The molecular formula is C16H22N6O. The minimum absolute atomic E-state index is 0.210. The molecular weight excluding hydrogens is 292 g/mol. The standard InChI is InChI=1S/C16H22N6O/c1-2-3-7-16(19-20-16)8-4-15(23)21-9-5-14(6-10-21)11-22-13-17-12-18-22/h1,12-14H,3-11H2. The highest BCUT2D eigenvalue weighted by Gasteiger charge is 2.39. The number of rotatable bonds is 7. The number of piperidine rings is 1. The Balaban J connectivity index is 1.38. The van der Waals surface area contributed by atoms with Crippen molar-refractivity contribution >= 4 is 5.91 Å². The molecule has 1 aromatic rings. The second-order valence-electron chi connectivity index (χ2n) is 6.33. The minimum Gasteiger partial charge on any atom is -0.343 e. The predicted octanol–water partition coefficient (Wildman–Crippen LogP) is 1.87. The monoisotopic (exact) mass is 314 g/mol. The van der Waals surface area contributed by atoms with E-state index in [4.69, 9.17) is 6.42 Å². The third kappa shape index (κ3) is 4.15. The van der Waals surface area contributed by atoms with Crippen molar-refractivity contribution < 1.29 is 4.79 Å². The van der Waals surface area contributed by atoms with Gasteiger partial charge in [0.1, 0.15) is 12.7 Å². The Morgan fingerprint density at radius 1 is 1.30 bits per heavy atom. The van der Waals surface area contributed by atoms with Crippen molar-refractivity contribution in [2.75, 3.05) is 13.1 Å². The Bertz CT molecular complexity index is 589. The highest BCUT2D eigenvalue weighted by atomic mass is 16.2. The minimum atomic E-state index is -0.354. The van der Waals surface area contributed by atoms with Gasteiger partial charge in [0.05, 0.1) is 0 Å². The highest BCUT2D eigenvalue weighted by molar-refractivity contribution is 5.76. The number of hydrogen-bond acceptors (Lipinski definition) is 5. The van der Waals surface area contributed by atoms with Crippen LogP contribution < -0.4 is 0 Å². The van der Waals surface area contributed by atoms with Crippen molar-refractivity contribution in [3.63, 3.8) is 0 Å². The summed E-state index contributed by atoms with van der Waals surface area (Å²) < 4.78 is 1.87. The summed E-state index contributed by atoms with van der Waals surface area (Å²) >= 11 is 0. The Morgan fingerprint density at radius 3 is 2.70 bits per heavy atom. The lowest BCUT2D eigenvalue weighted by atomic mass is 9.96. The Kier molecular flexibility index (Phi) is 4.70. The van der Waals surface area contributed by atoms with Gasteiger partial charge in [-0.15, -0.1) is 12.3 Å². The molecule has 3 heterocycles. The molecule has 0 aliphatic carbocycles. The van der Waals surface area contributed by atoms with E-state index in [1.807, 2.05) is 9.58 Å². The predicted molar refractivity (Wildman–Crippen MR) is 84.2 cm³/mol. The molecule has 7 nitrogen and oxygen atoms in total. The lowest BCUT2D eigenvalue weighted by molar-refractivity contribution is -0.132. The van der Waals surface area contributed by atoms with E-state index in [9.17, 15) is 4.79 Å². The summed E-state index contributed by atoms with van der Waals surface area (Å²) in [5.74, 6) is 3.39. The van der Waals surface area contributed by atoms with Crippen LogP contribution >= 0.6 is 0 Å². The SMILES string of the molecule is C#CCCC1(CCC(=O)N2CCC(Cn3cncn3)CC2)N=N1. The topological polar surface area (TPSA) is 75.7 Å². The van der Waals surface area contributed by atoms with Gasteiger partial charge in [0.25, 0.3) is 0 Å². The molecule has 0 aromatic carbocycles. The molecule has 0 unspecified atom stereocenters. The van der Waals surface area contributed by atoms with Gasteiger partial charge < -0.3 is 4.90 Å². The van der Waals surface area contributed by atoms with Crippen LogP contribution in [0.1, 0.15) is 38.5 Å². The lowest BCUT2D eigenvalue weighted by Crippen LogP contribution is -2.39. The number of nitrogens with zero attached hydrogens (tertiary/aromatic N) is 6. The third-order valence-corrected chi connectivity index (χ3v) is 4.67. The van der Waals surface area contributed by atoms with Gasteiger partial charge in [-0.1, -0.05) is 0 Å². The molecule has 0 bridgehead atoms. The van der Waals surface area contributed by atoms with Gasteiger partial charge >= 0.3 is 0 Å². The van der Waals surface area contributed by atoms with Crippen LogP contribution in [0.5, 0.6) is 0 Å². The van der Waals surface area contributed by atoms with E-state index in [0.29, 0.717) is 25.2 Å². The number of amides is 1. The highest BCUT2D eigenvalue weighted by Crippen LogP contribution is 2.37. The number of aromatic nitrogens is 3. The van der Waals surface area contributed by atoms with Crippen molar-refractivity contribution in [3.05, 3.63) is 12.7 Å². The quantitative estimate of drug-likeness (QED) is 0.721. The number of carbonyl (C=O) groups is 1. The lowest BCUT2D eigenvalue weighted by Gasteiger charge is -2.32. The molecule has 1 saturated heterocycles. The molecule has 0 radical (unpaired) electrons. The fraction of sp³-hybridized carbons (Fsp3) is 0.688. The van der Waals surface area contributed by atoms with Crippen LogP contribution in [0.4, 0.5) is 0 Å². The molecule has 1 fully saturated rings. The first-order valence-corrected chi connectivity index (χ1v) is 8.18. The molecule has 122 valence electrons. The van der Waals surface area contributed by atoms with Crippen LogP contribution in [-0.4, -0.2) is 44.3 Å². The fourth-order valence-corrected chi connectivity index (χ4v) is 3.09. The third-order valence-electron chi connectivity index (χ3n) is 4.67. The van der Waals surface area contributed by atoms with E-state index in [-0.39, 0.29) is 11.6 Å². The average Bonchev–Trinajstić information content (AvgIpc) is 3.17. The van der Waals surface area contributed by atoms with Gasteiger partial charge in [0.15, 0.2) is 5.66 Å². The first-order valence-electron chi connectivity index (χ1n) is 8.18. The van der Waals surface area contributed by atoms with Crippen molar-refractivity contribution in [3.8, 4) is 12.3 Å². The van der Waals surface area contributed by atoms with Crippen molar-refractivity contribution in [1.29, 1.82) is 0 Å². The molecule has 23 heavy (non-hydrogen) atoms. The van der Waals surface area contributed by atoms with Crippen LogP contribution in [0.2, 0.25) is 0 Å². The summed E-state index contributed by atoms with van der Waals surface area (Å²) in [5, 5.41) is 12.3. The molecule has 1 aromatic heterocycles. The molecule has 0 spiro atoms. The maximum atomic E-state index is 12.3. The normalized spacial score (nSPS) is 19.5. The number of carbonyl (C=O) groups excluding carboxylic acids is 1. The molecule has 3 rings (SSSR count). The van der Waals surface area contributed by atoms with E-state index in [0.717, 1.165) is 38.9 Å². The maximum Gasteiger partial charge on any atom is 0.222 e. The molecule has 2 aliphatic heterocycles. The number of terminal acetylenes is 1. The molecule has 0 N–H and O–H groups in total. The van der Waals surface area contributed by atoms with Gasteiger partial charge in [-0.3, -0.25) is 9.48 Å². The number of hydrogen-bond donors (Lipinski definition) is 0. The van der Waals surface area contributed by atoms with Crippen molar-refractivity contribution in [2.24, 2.45) is 16.1 Å². The maximum absolute atomic E-state index is 12.3. The summed E-state index contributed by atoms with van der Waals surface area (Å²) in [6, 6.07) is 0. The molecule has 0 saturated carbocycles. The van der Waals surface area contributed by atoms with E-state index in [2.05, 4.69) is 26.2 Å². The number of likely N-dealkylation sites (tertiary alicyclic amines) is 1. The van der Waals surface area contributed by atoms with Crippen LogP contribution in [0, 0.1) is 18.3 Å². The molecule has 1 amide bonds. The van der Waals surface area contributed by atoms with E-state index >= 15 is 0 Å². The molecule has 7 heteroatoms. The van der Waals surface area contributed by atoms with Gasteiger partial charge in [0, 0.05) is 45.3 Å². The zero-order chi connectivity index (χ0) is 16.1. The van der Waals surface area contributed by atoms with E-state index in [1.54, 1.807) is 12.7 Å². The Morgan fingerprint density at radius 2 is 2.09 bits per heavy atom. The first-order chi connectivity index (χ1) is 11.2. The fourth-order valence-electron chi connectivity index (χ4n) is 3.09. The summed E-state index contributed by atoms with van der Waals surface area (Å²) in [6.45, 7) is 2.53. The summed E-state index contributed by atoms with van der Waals surface area (Å²) in [4.78, 5) is 18.3. The van der Waals surface area contributed by atoms with Gasteiger partial charge in [-0.25, -0.2) is 4.98 Å². The van der Waals surface area contributed by atoms with Gasteiger partial charge in [-0.2, -0.15) is 15.3 Å². The van der Waals surface area contributed by atoms with E-state index < -0.39 is 0 Å². The zero-order valence-electron chi connectivity index (χ0n) is 13.3. The summed E-state index contributed by atoms with van der Waals surface area (Å²) in [7, 11) is 0. The average molecular weight is 314 g/mol. The van der Waals surface area contributed by atoms with Gasteiger partial charge in [-0.05, 0) is 18.8 Å². The van der Waals surface area contributed by atoms with Crippen LogP contribution in [0.3, 0.4) is 0 Å². The Hall–Kier alpha value is -2.23. The first kappa shape index (κ1) is 15.7. The molecule has 0 atom stereocenters. The van der Waals surface area contributed by atoms with Gasteiger partial charge in [0.2, 0.25) is 5.91 Å². The van der Waals surface area contributed by atoms with E-state index in [1.165, 1.54) is 0 Å². The molecule has 2 aliphatic rings. The van der Waals surface area contributed by atoms with Crippen LogP contribution in [-0.2, 0) is 11.3 Å². The Labute approximate surface area is 136 Å². The second-order valence-corrected chi connectivity index (χ2v) is 6.33. The second kappa shape index (κ2) is 6.90. The van der Waals surface area contributed by atoms with Crippen molar-refractivity contribution in [1.82, 2.24) is 19.7 Å². The smallest absolute Gasteiger partial charge is 0.222 e.